The Morgan fingerprint density at radius 1 is 1.44 bits per heavy atom. The smallest absolute Gasteiger partial charge is 0.194 e. The fourth-order valence-electron chi connectivity index (χ4n) is 1.90. The van der Waals surface area contributed by atoms with Crippen LogP contribution in [0, 0.1) is 0 Å². The lowest BCUT2D eigenvalue weighted by Crippen LogP contribution is -2.21. The van der Waals surface area contributed by atoms with Gasteiger partial charge >= 0.3 is 0 Å². The van der Waals surface area contributed by atoms with Gasteiger partial charge in [0.05, 0.1) is 11.0 Å². The van der Waals surface area contributed by atoms with Gasteiger partial charge in [0.15, 0.2) is 5.78 Å². The zero-order valence-corrected chi connectivity index (χ0v) is 10.8. The zero-order chi connectivity index (χ0) is 11.7. The van der Waals surface area contributed by atoms with Crippen molar-refractivity contribution < 1.29 is 4.79 Å². The van der Waals surface area contributed by atoms with Crippen LogP contribution in [0.1, 0.15) is 10.5 Å². The molecule has 3 nitrogen and oxygen atoms in total. The van der Waals surface area contributed by atoms with Gasteiger partial charge in [0.25, 0.3) is 0 Å². The Bertz CT molecular complexity index is 506. The molecule has 0 amide bonds. The van der Waals surface area contributed by atoms with E-state index in [9.17, 15) is 4.79 Å². The monoisotopic (exact) mass is 280 g/mol. The average molecular weight is 281 g/mol. The van der Waals surface area contributed by atoms with Crippen LogP contribution in [0.2, 0.25) is 0 Å². The van der Waals surface area contributed by atoms with E-state index in [1.165, 1.54) is 0 Å². The van der Waals surface area contributed by atoms with E-state index in [2.05, 4.69) is 21.2 Å². The Kier molecular flexibility index (Phi) is 3.12. The number of nitrogens with one attached hydrogen (secondary N) is 1. The maximum absolute atomic E-state index is 11.9. The molecule has 0 atom stereocenters. The van der Waals surface area contributed by atoms with Crippen molar-refractivity contribution in [3.63, 3.8) is 0 Å². The van der Waals surface area contributed by atoms with Crippen LogP contribution in [0.4, 0.5) is 0 Å². The van der Waals surface area contributed by atoms with E-state index in [0.29, 0.717) is 6.54 Å². The number of aromatic nitrogens is 1. The Labute approximate surface area is 103 Å². The summed E-state index contributed by atoms with van der Waals surface area (Å²) in [6, 6.07) is 7.96. The summed E-state index contributed by atoms with van der Waals surface area (Å²) in [4.78, 5) is 11.9. The quantitative estimate of drug-likeness (QED) is 0.876. The highest BCUT2D eigenvalue weighted by Gasteiger charge is 2.17. The molecule has 0 aliphatic heterocycles. The van der Waals surface area contributed by atoms with Crippen LogP contribution < -0.4 is 5.32 Å². The highest BCUT2D eigenvalue weighted by Crippen LogP contribution is 2.30. The second kappa shape index (κ2) is 4.39. The van der Waals surface area contributed by atoms with E-state index in [-0.39, 0.29) is 5.78 Å². The molecular formula is C12H13BrN2O. The van der Waals surface area contributed by atoms with Crippen LogP contribution in [0.3, 0.4) is 0 Å². The molecule has 0 aliphatic rings. The number of nitrogens with zero attached hydrogens (tertiary/aromatic N) is 1. The molecule has 0 saturated heterocycles. The molecule has 4 heteroatoms. The van der Waals surface area contributed by atoms with Crippen molar-refractivity contribution in [2.24, 2.45) is 7.05 Å². The third-order valence-corrected chi connectivity index (χ3v) is 3.45. The minimum Gasteiger partial charge on any atom is -0.340 e. The molecular weight excluding hydrogens is 268 g/mol. The normalized spacial score (nSPS) is 10.9. The van der Waals surface area contributed by atoms with Crippen molar-refractivity contribution in [3.05, 3.63) is 34.4 Å². The van der Waals surface area contributed by atoms with Gasteiger partial charge < -0.3 is 9.88 Å². The predicted molar refractivity (Wildman–Crippen MR) is 68.9 cm³/mol. The number of para-hydroxylation sites is 1. The number of carbonyl (C=O) groups is 1. The van der Waals surface area contributed by atoms with Gasteiger partial charge in [-0.2, -0.15) is 0 Å². The Morgan fingerprint density at radius 2 is 2.12 bits per heavy atom. The number of hydrogen-bond acceptors (Lipinski definition) is 2. The SMILES string of the molecule is CNCC(=O)c1c(Br)c2ccccc2n1C. The van der Waals surface area contributed by atoms with Gasteiger partial charge in [0.2, 0.25) is 0 Å². The second-order valence-electron chi connectivity index (χ2n) is 3.69. The summed E-state index contributed by atoms with van der Waals surface area (Å²) >= 11 is 3.50. The first-order chi connectivity index (χ1) is 7.66. The Morgan fingerprint density at radius 3 is 2.75 bits per heavy atom. The van der Waals surface area contributed by atoms with Crippen LogP contribution in [0.5, 0.6) is 0 Å². The molecule has 1 heterocycles. The topological polar surface area (TPSA) is 34.0 Å². The van der Waals surface area contributed by atoms with E-state index in [0.717, 1.165) is 21.1 Å². The third-order valence-electron chi connectivity index (χ3n) is 2.65. The van der Waals surface area contributed by atoms with Crippen LogP contribution >= 0.6 is 15.9 Å². The Hall–Kier alpha value is -1.13. The largest absolute Gasteiger partial charge is 0.340 e. The molecule has 0 unspecified atom stereocenters. The number of carbonyl (C=O) groups excluding carboxylic acids is 1. The number of Topliss-reactive ketones (excluding diaryl/α,β-unsaturated/α-hetero) is 1. The third kappa shape index (κ3) is 1.68. The number of benzene rings is 1. The van der Waals surface area contributed by atoms with Crippen molar-refractivity contribution in [2.45, 2.75) is 0 Å². The summed E-state index contributed by atoms with van der Waals surface area (Å²) < 4.78 is 2.81. The fourth-order valence-corrected chi connectivity index (χ4v) is 2.72. The van der Waals surface area contributed by atoms with Gasteiger partial charge in [-0.3, -0.25) is 4.79 Å². The van der Waals surface area contributed by atoms with Crippen LogP contribution in [0.15, 0.2) is 28.7 Å². The van der Waals surface area contributed by atoms with E-state index in [1.807, 2.05) is 35.9 Å². The summed E-state index contributed by atoms with van der Waals surface area (Å²) in [5.74, 6) is 0.0908. The number of rotatable bonds is 3. The number of likely N-dealkylation sites (N-methyl/N-ethyl adjacent to an activating group) is 1. The standard InChI is InChI=1S/C12H13BrN2O/c1-14-7-10(16)12-11(13)8-5-3-4-6-9(8)15(12)2/h3-6,14H,7H2,1-2H3. The molecule has 1 aromatic carbocycles. The molecule has 16 heavy (non-hydrogen) atoms. The number of halogens is 1. The molecule has 0 radical (unpaired) electrons. The van der Waals surface area contributed by atoms with Crippen molar-refractivity contribution in [2.75, 3.05) is 13.6 Å². The number of fused-ring (bicyclic) bond motifs is 1. The zero-order valence-electron chi connectivity index (χ0n) is 9.25. The van der Waals surface area contributed by atoms with Crippen molar-refractivity contribution in [3.8, 4) is 0 Å². The Balaban J connectivity index is 2.66. The first-order valence-electron chi connectivity index (χ1n) is 5.07. The van der Waals surface area contributed by atoms with Crippen molar-refractivity contribution in [1.82, 2.24) is 9.88 Å². The minimum atomic E-state index is 0.0908. The predicted octanol–water partition coefficient (Wildman–Crippen LogP) is 2.34. The van der Waals surface area contributed by atoms with Gasteiger partial charge in [-0.05, 0) is 29.0 Å². The summed E-state index contributed by atoms with van der Waals surface area (Å²) in [5.41, 5.74) is 1.78. The van der Waals surface area contributed by atoms with Crippen molar-refractivity contribution in [1.29, 1.82) is 0 Å². The number of ketones is 1. The highest BCUT2D eigenvalue weighted by molar-refractivity contribution is 9.10. The maximum atomic E-state index is 11.9. The second-order valence-corrected chi connectivity index (χ2v) is 4.49. The molecule has 2 aromatic rings. The maximum Gasteiger partial charge on any atom is 0.194 e. The molecule has 0 saturated carbocycles. The van der Waals surface area contributed by atoms with Crippen LogP contribution in [0.25, 0.3) is 10.9 Å². The molecule has 1 aromatic heterocycles. The summed E-state index contributed by atoms with van der Waals surface area (Å²) in [5, 5.41) is 3.95. The van der Waals surface area contributed by atoms with Gasteiger partial charge in [-0.25, -0.2) is 0 Å². The molecule has 0 bridgehead atoms. The van der Waals surface area contributed by atoms with Gasteiger partial charge in [-0.15, -0.1) is 0 Å². The molecule has 0 spiro atoms. The van der Waals surface area contributed by atoms with E-state index in [4.69, 9.17) is 0 Å². The highest BCUT2D eigenvalue weighted by atomic mass is 79.9. The van der Waals surface area contributed by atoms with E-state index >= 15 is 0 Å². The van der Waals surface area contributed by atoms with Gasteiger partial charge in [-0.1, -0.05) is 18.2 Å². The molecule has 0 aliphatic carbocycles. The number of hydrogen-bond donors (Lipinski definition) is 1. The van der Waals surface area contributed by atoms with Crippen LogP contribution in [-0.2, 0) is 7.05 Å². The summed E-state index contributed by atoms with van der Waals surface area (Å²) in [6.07, 6.45) is 0. The number of aryl methyl sites for hydroxylation is 1. The summed E-state index contributed by atoms with van der Waals surface area (Å²) in [6.45, 7) is 0.350. The van der Waals surface area contributed by atoms with Gasteiger partial charge in [0, 0.05) is 18.0 Å². The lowest BCUT2D eigenvalue weighted by molar-refractivity contribution is 0.0985. The summed E-state index contributed by atoms with van der Waals surface area (Å²) in [7, 11) is 3.68. The molecule has 2 rings (SSSR count). The van der Waals surface area contributed by atoms with E-state index < -0.39 is 0 Å². The molecule has 84 valence electrons. The first kappa shape index (κ1) is 11.4. The molecule has 1 N–H and O–H groups in total. The fraction of sp³-hybridized carbons (Fsp3) is 0.250. The van der Waals surface area contributed by atoms with E-state index in [1.54, 1.807) is 7.05 Å². The molecule has 0 fully saturated rings. The van der Waals surface area contributed by atoms with Crippen LogP contribution in [-0.4, -0.2) is 23.9 Å². The first-order valence-corrected chi connectivity index (χ1v) is 5.86. The lowest BCUT2D eigenvalue weighted by atomic mass is 10.2. The average Bonchev–Trinajstić information content (AvgIpc) is 2.53. The lowest BCUT2D eigenvalue weighted by Gasteiger charge is -2.03. The van der Waals surface area contributed by atoms with Gasteiger partial charge in [0.1, 0.15) is 5.69 Å². The minimum absolute atomic E-state index is 0.0908. The van der Waals surface area contributed by atoms with Crippen molar-refractivity contribution >= 4 is 32.6 Å².